The van der Waals surface area contributed by atoms with Gasteiger partial charge in [-0.1, -0.05) is 0 Å². The summed E-state index contributed by atoms with van der Waals surface area (Å²) in [4.78, 5) is 23.2. The fraction of sp³-hybridized carbons (Fsp3) is 0.500. The second-order valence-corrected chi connectivity index (χ2v) is 4.23. The van der Waals surface area contributed by atoms with Crippen molar-refractivity contribution in [2.45, 2.75) is 25.8 Å². The number of pyridine rings is 1. The maximum atomic E-state index is 11.8. The second kappa shape index (κ2) is 5.14. The summed E-state index contributed by atoms with van der Waals surface area (Å²) in [5.74, 6) is -1.04. The second-order valence-electron chi connectivity index (χ2n) is 4.23. The number of hydrogen-bond donors (Lipinski definition) is 1. The molecule has 0 saturated heterocycles. The number of carboxylic acid groups (broad SMARTS) is 1. The molecule has 0 fully saturated rings. The molecule has 0 aliphatic heterocycles. The van der Waals surface area contributed by atoms with E-state index in [0.29, 0.717) is 0 Å². The zero-order valence-corrected chi connectivity index (χ0v) is 10.3. The van der Waals surface area contributed by atoms with Crippen molar-refractivity contribution in [2.75, 3.05) is 13.7 Å². The van der Waals surface area contributed by atoms with E-state index in [1.165, 1.54) is 30.9 Å². The Labute approximate surface area is 99.6 Å². The molecular formula is C12H17NO4. The summed E-state index contributed by atoms with van der Waals surface area (Å²) in [5.41, 5.74) is -0.780. The van der Waals surface area contributed by atoms with E-state index in [2.05, 4.69) is 0 Å². The van der Waals surface area contributed by atoms with E-state index < -0.39 is 11.5 Å². The molecule has 0 spiro atoms. The summed E-state index contributed by atoms with van der Waals surface area (Å²) in [6, 6.07) is 3.14. The van der Waals surface area contributed by atoms with Gasteiger partial charge in [0.05, 0.1) is 0 Å². The molecule has 5 nitrogen and oxygen atoms in total. The smallest absolute Gasteiger partial charge is 0.329 e. The number of aryl methyl sites for hydroxylation is 1. The van der Waals surface area contributed by atoms with E-state index in [0.717, 1.165) is 5.56 Å². The Balaban J connectivity index is 3.22. The monoisotopic (exact) mass is 239 g/mol. The van der Waals surface area contributed by atoms with Crippen molar-refractivity contribution in [1.29, 1.82) is 0 Å². The van der Waals surface area contributed by atoms with E-state index in [1.54, 1.807) is 13.0 Å². The SMILES string of the molecule is COCCC(C)(C(=O)O)n1ccc(C)cc1=O. The van der Waals surface area contributed by atoms with Gasteiger partial charge in [0.25, 0.3) is 5.56 Å². The van der Waals surface area contributed by atoms with Crippen molar-refractivity contribution in [3.63, 3.8) is 0 Å². The maximum absolute atomic E-state index is 11.8. The molecule has 0 radical (unpaired) electrons. The summed E-state index contributed by atoms with van der Waals surface area (Å²) in [6.45, 7) is 3.59. The van der Waals surface area contributed by atoms with E-state index >= 15 is 0 Å². The van der Waals surface area contributed by atoms with Gasteiger partial charge < -0.3 is 9.84 Å². The van der Waals surface area contributed by atoms with E-state index in [1.807, 2.05) is 0 Å². The number of aromatic nitrogens is 1. The largest absolute Gasteiger partial charge is 0.479 e. The Morgan fingerprint density at radius 2 is 2.24 bits per heavy atom. The molecule has 0 aliphatic rings. The lowest BCUT2D eigenvalue weighted by molar-refractivity contribution is -0.147. The summed E-state index contributed by atoms with van der Waals surface area (Å²) in [5, 5.41) is 9.29. The van der Waals surface area contributed by atoms with Gasteiger partial charge in [0.1, 0.15) is 5.54 Å². The van der Waals surface area contributed by atoms with Crippen molar-refractivity contribution in [1.82, 2.24) is 4.57 Å². The highest BCUT2D eigenvalue weighted by atomic mass is 16.5. The summed E-state index contributed by atoms with van der Waals surface area (Å²) in [7, 11) is 1.50. The maximum Gasteiger partial charge on any atom is 0.329 e. The zero-order valence-electron chi connectivity index (χ0n) is 10.3. The first-order valence-electron chi connectivity index (χ1n) is 5.34. The Morgan fingerprint density at radius 3 is 2.71 bits per heavy atom. The Hall–Kier alpha value is -1.62. The molecule has 1 rings (SSSR count). The van der Waals surface area contributed by atoms with E-state index in [-0.39, 0.29) is 18.6 Å². The van der Waals surface area contributed by atoms with Crippen LogP contribution in [0.1, 0.15) is 18.9 Å². The van der Waals surface area contributed by atoms with Gasteiger partial charge in [-0.3, -0.25) is 9.36 Å². The fourth-order valence-electron chi connectivity index (χ4n) is 1.62. The quantitative estimate of drug-likeness (QED) is 0.832. The van der Waals surface area contributed by atoms with Crippen LogP contribution in [-0.2, 0) is 15.1 Å². The Kier molecular flexibility index (Phi) is 4.07. The number of nitrogens with zero attached hydrogens (tertiary/aromatic N) is 1. The van der Waals surface area contributed by atoms with Gasteiger partial charge in [0.2, 0.25) is 0 Å². The van der Waals surface area contributed by atoms with Crippen molar-refractivity contribution in [3.05, 3.63) is 34.2 Å². The van der Waals surface area contributed by atoms with Gasteiger partial charge in [-0.25, -0.2) is 4.79 Å². The molecule has 0 saturated carbocycles. The molecule has 1 aromatic heterocycles. The number of carbonyl (C=O) groups is 1. The third-order valence-electron chi connectivity index (χ3n) is 2.86. The average Bonchev–Trinajstić information content (AvgIpc) is 2.25. The van der Waals surface area contributed by atoms with Crippen LogP contribution in [0, 0.1) is 6.92 Å². The van der Waals surface area contributed by atoms with Crippen LogP contribution >= 0.6 is 0 Å². The third-order valence-corrected chi connectivity index (χ3v) is 2.86. The lowest BCUT2D eigenvalue weighted by Crippen LogP contribution is -2.45. The molecule has 0 aliphatic carbocycles. The number of methoxy groups -OCH3 is 1. The number of rotatable bonds is 5. The first-order valence-corrected chi connectivity index (χ1v) is 5.34. The summed E-state index contributed by atoms with van der Waals surface area (Å²) < 4.78 is 6.13. The minimum absolute atomic E-state index is 0.238. The van der Waals surface area contributed by atoms with Crippen LogP contribution in [-0.4, -0.2) is 29.4 Å². The van der Waals surface area contributed by atoms with Crippen molar-refractivity contribution in [3.8, 4) is 0 Å². The molecule has 0 amide bonds. The van der Waals surface area contributed by atoms with Crippen LogP contribution in [0.3, 0.4) is 0 Å². The lowest BCUT2D eigenvalue weighted by Gasteiger charge is -2.27. The summed E-state index contributed by atoms with van der Waals surface area (Å²) in [6.07, 6.45) is 1.75. The van der Waals surface area contributed by atoms with Crippen molar-refractivity contribution >= 4 is 5.97 Å². The predicted molar refractivity (Wildman–Crippen MR) is 63.2 cm³/mol. The molecule has 1 unspecified atom stereocenters. The van der Waals surface area contributed by atoms with Gasteiger partial charge in [-0.05, 0) is 25.5 Å². The molecule has 94 valence electrons. The van der Waals surface area contributed by atoms with Crippen molar-refractivity contribution < 1.29 is 14.6 Å². The Bertz CT molecular complexity index is 466. The molecule has 1 N–H and O–H groups in total. The highest BCUT2D eigenvalue weighted by Gasteiger charge is 2.35. The molecule has 17 heavy (non-hydrogen) atoms. The highest BCUT2D eigenvalue weighted by molar-refractivity contribution is 5.76. The van der Waals surface area contributed by atoms with Crippen LogP contribution < -0.4 is 5.56 Å². The van der Waals surface area contributed by atoms with Crippen LogP contribution in [0.25, 0.3) is 0 Å². The van der Waals surface area contributed by atoms with Gasteiger partial charge in [0, 0.05) is 32.4 Å². The highest BCUT2D eigenvalue weighted by Crippen LogP contribution is 2.19. The average molecular weight is 239 g/mol. The predicted octanol–water partition coefficient (Wildman–Crippen LogP) is 0.993. The summed E-state index contributed by atoms with van der Waals surface area (Å²) >= 11 is 0. The number of ether oxygens (including phenoxy) is 1. The minimum atomic E-state index is -1.28. The standard InChI is InChI=1S/C12H17NO4/c1-9-4-6-13(10(14)8-9)12(2,11(15)16)5-7-17-3/h4,6,8H,5,7H2,1-3H3,(H,15,16). The van der Waals surface area contributed by atoms with Gasteiger partial charge >= 0.3 is 5.97 Å². The molecule has 5 heteroatoms. The third kappa shape index (κ3) is 2.74. The van der Waals surface area contributed by atoms with Crippen LogP contribution in [0.2, 0.25) is 0 Å². The zero-order chi connectivity index (χ0) is 13.1. The normalized spacial score (nSPS) is 14.3. The van der Waals surface area contributed by atoms with Crippen LogP contribution in [0.5, 0.6) is 0 Å². The number of carboxylic acids is 1. The topological polar surface area (TPSA) is 68.5 Å². The number of aliphatic carboxylic acids is 1. The fourth-order valence-corrected chi connectivity index (χ4v) is 1.62. The van der Waals surface area contributed by atoms with Gasteiger partial charge in [-0.2, -0.15) is 0 Å². The molecule has 1 atom stereocenters. The molecule has 1 heterocycles. The first-order chi connectivity index (χ1) is 7.91. The molecular weight excluding hydrogens is 222 g/mol. The molecule has 0 aromatic carbocycles. The number of hydrogen-bond acceptors (Lipinski definition) is 3. The molecule has 1 aromatic rings. The van der Waals surface area contributed by atoms with E-state index in [9.17, 15) is 14.7 Å². The first kappa shape index (κ1) is 13.4. The van der Waals surface area contributed by atoms with Crippen LogP contribution in [0.15, 0.2) is 23.1 Å². The molecule has 0 bridgehead atoms. The Morgan fingerprint density at radius 1 is 1.59 bits per heavy atom. The van der Waals surface area contributed by atoms with Gasteiger partial charge in [-0.15, -0.1) is 0 Å². The van der Waals surface area contributed by atoms with Gasteiger partial charge in [0.15, 0.2) is 0 Å². The van der Waals surface area contributed by atoms with Crippen molar-refractivity contribution in [2.24, 2.45) is 0 Å². The van der Waals surface area contributed by atoms with Crippen LogP contribution in [0.4, 0.5) is 0 Å². The minimum Gasteiger partial charge on any atom is -0.479 e. The lowest BCUT2D eigenvalue weighted by atomic mass is 9.97. The van der Waals surface area contributed by atoms with E-state index in [4.69, 9.17) is 4.74 Å².